The number of aromatic nitrogens is 2. The van der Waals surface area contributed by atoms with Crippen molar-refractivity contribution >= 4 is 11.6 Å². The summed E-state index contributed by atoms with van der Waals surface area (Å²) in [5, 5.41) is 7.12. The van der Waals surface area contributed by atoms with Gasteiger partial charge in [-0.3, -0.25) is 4.79 Å². The molecule has 1 heterocycles. The Labute approximate surface area is 206 Å². The Hall–Kier alpha value is -4.60. The second kappa shape index (κ2) is 10.8. The van der Waals surface area contributed by atoms with Crippen LogP contribution in [0, 0.1) is 11.6 Å². The number of hydrogen-bond acceptors (Lipinski definition) is 6. The molecule has 4 rings (SSSR count). The van der Waals surface area contributed by atoms with Crippen LogP contribution >= 0.6 is 0 Å². The van der Waals surface area contributed by atoms with Gasteiger partial charge in [0, 0.05) is 17.8 Å². The van der Waals surface area contributed by atoms with E-state index in [1.807, 2.05) is 0 Å². The standard InChI is InChI=1S/C26H23F2N3O5/c1-33-21-12-19(13-22(34-2)25(21)35-3)29-26(32)24-23(36-15-16-4-6-17(27)7-5-16)14-31(30-24)20-10-8-18(28)9-11-20/h4-14H,15H2,1-3H3,(H,29,32). The molecule has 0 atom stereocenters. The van der Waals surface area contributed by atoms with Gasteiger partial charge in [-0.15, -0.1) is 0 Å². The van der Waals surface area contributed by atoms with E-state index in [2.05, 4.69) is 10.4 Å². The largest absolute Gasteiger partial charge is 0.493 e. The fourth-order valence-electron chi connectivity index (χ4n) is 3.43. The number of carbonyl (C=O) groups excluding carboxylic acids is 1. The average Bonchev–Trinajstić information content (AvgIpc) is 3.32. The van der Waals surface area contributed by atoms with Crippen molar-refractivity contribution in [2.24, 2.45) is 0 Å². The number of nitrogens with one attached hydrogen (secondary N) is 1. The Morgan fingerprint density at radius 1 is 0.861 bits per heavy atom. The lowest BCUT2D eigenvalue weighted by atomic mass is 10.2. The molecule has 1 amide bonds. The van der Waals surface area contributed by atoms with Gasteiger partial charge in [0.2, 0.25) is 5.75 Å². The maximum atomic E-state index is 13.4. The molecule has 186 valence electrons. The van der Waals surface area contributed by atoms with E-state index in [4.69, 9.17) is 18.9 Å². The van der Waals surface area contributed by atoms with Gasteiger partial charge >= 0.3 is 0 Å². The molecule has 1 aromatic heterocycles. The smallest absolute Gasteiger partial charge is 0.280 e. The average molecular weight is 495 g/mol. The third-order valence-corrected chi connectivity index (χ3v) is 5.22. The van der Waals surface area contributed by atoms with Gasteiger partial charge in [-0.2, -0.15) is 5.10 Å². The third-order valence-electron chi connectivity index (χ3n) is 5.22. The van der Waals surface area contributed by atoms with Gasteiger partial charge in [0.05, 0.1) is 33.2 Å². The SMILES string of the molecule is COc1cc(NC(=O)c2nn(-c3ccc(F)cc3)cc2OCc2ccc(F)cc2)cc(OC)c1OC. The van der Waals surface area contributed by atoms with Crippen LogP contribution in [0.2, 0.25) is 0 Å². The van der Waals surface area contributed by atoms with Crippen LogP contribution in [0.3, 0.4) is 0 Å². The van der Waals surface area contributed by atoms with Gasteiger partial charge in [0.25, 0.3) is 5.91 Å². The van der Waals surface area contributed by atoms with Crippen molar-refractivity contribution < 1.29 is 32.5 Å². The number of anilines is 1. The summed E-state index contributed by atoms with van der Waals surface area (Å²) in [7, 11) is 4.41. The van der Waals surface area contributed by atoms with Crippen LogP contribution in [0.25, 0.3) is 5.69 Å². The summed E-state index contributed by atoms with van der Waals surface area (Å²) in [6.45, 7) is 0.0693. The van der Waals surface area contributed by atoms with E-state index in [9.17, 15) is 13.6 Å². The topological polar surface area (TPSA) is 83.8 Å². The Morgan fingerprint density at radius 2 is 1.44 bits per heavy atom. The van der Waals surface area contributed by atoms with Gasteiger partial charge in [-0.25, -0.2) is 13.5 Å². The molecule has 0 aliphatic heterocycles. The summed E-state index contributed by atoms with van der Waals surface area (Å²) in [5.41, 5.74) is 1.57. The van der Waals surface area contributed by atoms with Crippen LogP contribution in [0.4, 0.5) is 14.5 Å². The summed E-state index contributed by atoms with van der Waals surface area (Å²) in [4.78, 5) is 13.3. The fraction of sp³-hybridized carbons (Fsp3) is 0.154. The summed E-state index contributed by atoms with van der Waals surface area (Å²) < 4.78 is 49.9. The van der Waals surface area contributed by atoms with Crippen LogP contribution in [-0.4, -0.2) is 37.0 Å². The number of benzene rings is 3. The van der Waals surface area contributed by atoms with Crippen LogP contribution in [-0.2, 0) is 6.61 Å². The molecule has 0 aliphatic rings. The minimum atomic E-state index is -0.570. The van der Waals surface area contributed by atoms with E-state index < -0.39 is 11.7 Å². The van der Waals surface area contributed by atoms with Gasteiger partial charge in [0.1, 0.15) is 18.2 Å². The number of methoxy groups -OCH3 is 3. The first-order valence-corrected chi connectivity index (χ1v) is 10.8. The van der Waals surface area contributed by atoms with Crippen molar-refractivity contribution in [3.63, 3.8) is 0 Å². The van der Waals surface area contributed by atoms with Crippen LogP contribution < -0.4 is 24.3 Å². The van der Waals surface area contributed by atoms with Crippen LogP contribution in [0.15, 0.2) is 66.9 Å². The first kappa shape index (κ1) is 24.5. The molecule has 0 bridgehead atoms. The highest BCUT2D eigenvalue weighted by molar-refractivity contribution is 6.05. The first-order chi connectivity index (χ1) is 17.4. The number of ether oxygens (including phenoxy) is 4. The predicted molar refractivity (Wildman–Crippen MR) is 128 cm³/mol. The lowest BCUT2D eigenvalue weighted by molar-refractivity contribution is 0.101. The zero-order valence-corrected chi connectivity index (χ0v) is 19.7. The van der Waals surface area contributed by atoms with Crippen LogP contribution in [0.1, 0.15) is 16.1 Å². The van der Waals surface area contributed by atoms with Crippen molar-refractivity contribution in [3.8, 4) is 28.7 Å². The molecular weight excluding hydrogens is 472 g/mol. The highest BCUT2D eigenvalue weighted by Gasteiger charge is 2.21. The van der Waals surface area contributed by atoms with E-state index in [1.54, 1.807) is 24.3 Å². The molecule has 0 radical (unpaired) electrons. The lowest BCUT2D eigenvalue weighted by Crippen LogP contribution is -2.15. The van der Waals surface area contributed by atoms with Crippen molar-refractivity contribution in [3.05, 3.63) is 89.8 Å². The van der Waals surface area contributed by atoms with E-state index in [1.165, 1.54) is 68.6 Å². The number of nitrogens with zero attached hydrogens (tertiary/aromatic N) is 2. The van der Waals surface area contributed by atoms with Gasteiger partial charge in [-0.05, 0) is 42.0 Å². The Bertz CT molecular complexity index is 1330. The van der Waals surface area contributed by atoms with Crippen molar-refractivity contribution in [2.45, 2.75) is 6.61 Å². The molecule has 0 saturated carbocycles. The molecule has 0 unspecified atom stereocenters. The number of carbonyl (C=O) groups is 1. The lowest BCUT2D eigenvalue weighted by Gasteiger charge is -2.14. The molecule has 4 aromatic rings. The maximum absolute atomic E-state index is 13.4. The minimum Gasteiger partial charge on any atom is -0.493 e. The molecule has 0 spiro atoms. The Kier molecular flexibility index (Phi) is 7.33. The molecule has 8 nitrogen and oxygen atoms in total. The highest BCUT2D eigenvalue weighted by atomic mass is 19.1. The van der Waals surface area contributed by atoms with Crippen molar-refractivity contribution in [1.82, 2.24) is 9.78 Å². The normalized spacial score (nSPS) is 10.6. The van der Waals surface area contributed by atoms with Gasteiger partial charge in [-0.1, -0.05) is 12.1 Å². The number of amides is 1. The molecular formula is C26H23F2N3O5. The first-order valence-electron chi connectivity index (χ1n) is 10.8. The quantitative estimate of drug-likeness (QED) is 0.352. The molecule has 3 aromatic carbocycles. The van der Waals surface area contributed by atoms with Crippen LogP contribution in [0.5, 0.6) is 23.0 Å². The second-order valence-electron chi connectivity index (χ2n) is 7.55. The molecule has 0 fully saturated rings. The monoisotopic (exact) mass is 495 g/mol. The van der Waals surface area contributed by atoms with Crippen molar-refractivity contribution in [2.75, 3.05) is 26.6 Å². The number of rotatable bonds is 9. The Morgan fingerprint density at radius 3 is 2.00 bits per heavy atom. The number of halogens is 2. The highest BCUT2D eigenvalue weighted by Crippen LogP contribution is 2.40. The fourth-order valence-corrected chi connectivity index (χ4v) is 3.43. The van der Waals surface area contributed by atoms with Gasteiger partial charge in [0.15, 0.2) is 22.9 Å². The molecule has 1 N–H and O–H groups in total. The van der Waals surface area contributed by atoms with E-state index in [-0.39, 0.29) is 23.9 Å². The molecule has 36 heavy (non-hydrogen) atoms. The Balaban J connectivity index is 1.65. The van der Waals surface area contributed by atoms with E-state index in [0.717, 1.165) is 0 Å². The molecule has 0 aliphatic carbocycles. The van der Waals surface area contributed by atoms with Gasteiger partial charge < -0.3 is 24.3 Å². The molecule has 0 saturated heterocycles. The minimum absolute atomic E-state index is 0.0183. The summed E-state index contributed by atoms with van der Waals surface area (Å²) >= 11 is 0. The summed E-state index contributed by atoms with van der Waals surface area (Å²) in [6, 6.07) is 14.6. The van der Waals surface area contributed by atoms with E-state index >= 15 is 0 Å². The predicted octanol–water partition coefficient (Wildman–Crippen LogP) is 5.01. The third kappa shape index (κ3) is 5.38. The zero-order valence-electron chi connectivity index (χ0n) is 19.7. The maximum Gasteiger partial charge on any atom is 0.280 e. The van der Waals surface area contributed by atoms with E-state index in [0.29, 0.717) is 34.2 Å². The van der Waals surface area contributed by atoms with Crippen molar-refractivity contribution in [1.29, 1.82) is 0 Å². The zero-order chi connectivity index (χ0) is 25.7. The molecule has 10 heteroatoms. The number of hydrogen-bond donors (Lipinski definition) is 1. The summed E-state index contributed by atoms with van der Waals surface area (Å²) in [5.74, 6) is -0.0735. The second-order valence-corrected chi connectivity index (χ2v) is 7.55. The summed E-state index contributed by atoms with van der Waals surface area (Å²) in [6.07, 6.45) is 1.51.